The molecule has 0 fully saturated rings. The molecule has 0 bridgehead atoms. The van der Waals surface area contributed by atoms with Crippen LogP contribution in [0.1, 0.15) is 29.0 Å². The molecule has 0 atom stereocenters. The quantitative estimate of drug-likeness (QED) is 0.862. The summed E-state index contributed by atoms with van der Waals surface area (Å²) in [6, 6.07) is 4.63. The summed E-state index contributed by atoms with van der Waals surface area (Å²) in [5.74, 6) is 0.226. The molecule has 0 aliphatic heterocycles. The molecule has 0 aliphatic rings. The lowest BCUT2D eigenvalue weighted by molar-refractivity contribution is 0.0690. The lowest BCUT2D eigenvalue weighted by atomic mass is 10.2. The number of benzene rings is 1. The molecule has 0 unspecified atom stereocenters. The molecule has 1 N–H and O–H groups in total. The zero-order valence-corrected chi connectivity index (χ0v) is 11.1. The van der Waals surface area contributed by atoms with Gasteiger partial charge in [0.25, 0.3) is 5.89 Å². The molecular formula is C13H14N2O5. The molecular weight excluding hydrogens is 264 g/mol. The number of aryl methyl sites for hydroxylation is 1. The third-order valence-electron chi connectivity index (χ3n) is 2.60. The molecule has 1 aromatic heterocycles. The van der Waals surface area contributed by atoms with E-state index in [9.17, 15) is 4.79 Å². The number of para-hydroxylation sites is 1. The van der Waals surface area contributed by atoms with Gasteiger partial charge in [-0.25, -0.2) is 4.79 Å². The summed E-state index contributed by atoms with van der Waals surface area (Å²) in [4.78, 5) is 15.2. The molecule has 7 heteroatoms. The average molecular weight is 278 g/mol. The number of aromatic carboxylic acids is 1. The number of aromatic nitrogens is 2. The first-order chi connectivity index (χ1) is 9.65. The predicted molar refractivity (Wildman–Crippen MR) is 68.0 cm³/mol. The van der Waals surface area contributed by atoms with Crippen LogP contribution >= 0.6 is 0 Å². The summed E-state index contributed by atoms with van der Waals surface area (Å²) >= 11 is 0. The Balaban J connectivity index is 2.21. The number of carboxylic acids is 1. The summed E-state index contributed by atoms with van der Waals surface area (Å²) in [6.07, 6.45) is 0.651. The van der Waals surface area contributed by atoms with E-state index in [1.165, 1.54) is 13.2 Å². The molecule has 0 spiro atoms. The van der Waals surface area contributed by atoms with Crippen molar-refractivity contribution in [1.29, 1.82) is 0 Å². The first-order valence-electron chi connectivity index (χ1n) is 6.00. The standard InChI is InChI=1S/C13H14N2O5/c1-3-10-14-11(20-15-10)7-19-12-8(13(16)17)5-4-6-9(12)18-2/h4-6H,3,7H2,1-2H3,(H,16,17). The molecule has 0 saturated carbocycles. The minimum absolute atomic E-state index is 0.0135. The van der Waals surface area contributed by atoms with Gasteiger partial charge in [0.1, 0.15) is 5.56 Å². The molecule has 0 saturated heterocycles. The van der Waals surface area contributed by atoms with Crippen LogP contribution in [0.2, 0.25) is 0 Å². The van der Waals surface area contributed by atoms with Gasteiger partial charge in [0, 0.05) is 6.42 Å². The Morgan fingerprint density at radius 2 is 2.25 bits per heavy atom. The van der Waals surface area contributed by atoms with Crippen LogP contribution in [0.3, 0.4) is 0 Å². The molecule has 0 amide bonds. The highest BCUT2D eigenvalue weighted by Crippen LogP contribution is 2.31. The number of hydrogen-bond acceptors (Lipinski definition) is 6. The van der Waals surface area contributed by atoms with Crippen molar-refractivity contribution in [2.45, 2.75) is 20.0 Å². The highest BCUT2D eigenvalue weighted by atomic mass is 16.5. The summed E-state index contributed by atoms with van der Waals surface area (Å²) in [5.41, 5.74) is 0.0135. The number of methoxy groups -OCH3 is 1. The van der Waals surface area contributed by atoms with Crippen LogP contribution in [0, 0.1) is 0 Å². The molecule has 2 aromatic rings. The summed E-state index contributed by atoms with van der Waals surface area (Å²) < 4.78 is 15.5. The van der Waals surface area contributed by atoms with Gasteiger partial charge in [-0.15, -0.1) is 0 Å². The van der Waals surface area contributed by atoms with Crippen LogP contribution in [-0.4, -0.2) is 28.3 Å². The van der Waals surface area contributed by atoms with Crippen molar-refractivity contribution in [3.63, 3.8) is 0 Å². The minimum Gasteiger partial charge on any atom is -0.493 e. The monoisotopic (exact) mass is 278 g/mol. The van der Waals surface area contributed by atoms with Crippen LogP contribution in [0.4, 0.5) is 0 Å². The van der Waals surface area contributed by atoms with Crippen LogP contribution in [0.5, 0.6) is 11.5 Å². The van der Waals surface area contributed by atoms with E-state index in [4.69, 9.17) is 19.1 Å². The topological polar surface area (TPSA) is 94.7 Å². The maximum atomic E-state index is 11.2. The largest absolute Gasteiger partial charge is 0.493 e. The Bertz CT molecular complexity index is 609. The predicted octanol–water partition coefficient (Wildman–Crippen LogP) is 1.92. The van der Waals surface area contributed by atoms with Gasteiger partial charge in [-0.05, 0) is 12.1 Å². The second-order valence-corrected chi connectivity index (χ2v) is 3.89. The van der Waals surface area contributed by atoms with Crippen molar-refractivity contribution in [3.8, 4) is 11.5 Å². The van der Waals surface area contributed by atoms with E-state index in [1.807, 2.05) is 6.92 Å². The van der Waals surface area contributed by atoms with Gasteiger partial charge in [0.05, 0.1) is 7.11 Å². The van der Waals surface area contributed by atoms with Crippen molar-refractivity contribution in [2.75, 3.05) is 7.11 Å². The fraction of sp³-hybridized carbons (Fsp3) is 0.308. The van der Waals surface area contributed by atoms with E-state index in [1.54, 1.807) is 12.1 Å². The Morgan fingerprint density at radius 1 is 1.45 bits per heavy atom. The SMILES string of the molecule is CCc1noc(COc2c(OC)cccc2C(=O)O)n1. The molecule has 0 aliphatic carbocycles. The lowest BCUT2D eigenvalue weighted by Crippen LogP contribution is -2.05. The maximum Gasteiger partial charge on any atom is 0.339 e. The first-order valence-corrected chi connectivity index (χ1v) is 6.00. The van der Waals surface area contributed by atoms with Gasteiger partial charge in [0.15, 0.2) is 23.9 Å². The van der Waals surface area contributed by atoms with Crippen molar-refractivity contribution in [2.24, 2.45) is 0 Å². The third-order valence-corrected chi connectivity index (χ3v) is 2.60. The average Bonchev–Trinajstić information content (AvgIpc) is 2.92. The molecule has 7 nitrogen and oxygen atoms in total. The number of carbonyl (C=O) groups is 1. The fourth-order valence-electron chi connectivity index (χ4n) is 1.62. The number of hydrogen-bond donors (Lipinski definition) is 1. The van der Waals surface area contributed by atoms with Gasteiger partial charge in [0.2, 0.25) is 0 Å². The third kappa shape index (κ3) is 2.87. The van der Waals surface area contributed by atoms with E-state index in [0.29, 0.717) is 18.0 Å². The number of nitrogens with zero attached hydrogens (tertiary/aromatic N) is 2. The minimum atomic E-state index is -1.10. The Labute approximate surface area is 115 Å². The zero-order chi connectivity index (χ0) is 14.5. The van der Waals surface area contributed by atoms with Crippen molar-refractivity contribution in [1.82, 2.24) is 10.1 Å². The van der Waals surface area contributed by atoms with Crippen LogP contribution < -0.4 is 9.47 Å². The Kier molecular flexibility index (Phi) is 4.19. The van der Waals surface area contributed by atoms with Crippen molar-refractivity contribution < 1.29 is 23.9 Å². The van der Waals surface area contributed by atoms with E-state index in [-0.39, 0.29) is 23.8 Å². The molecule has 20 heavy (non-hydrogen) atoms. The summed E-state index contributed by atoms with van der Waals surface area (Å²) in [6.45, 7) is 1.88. The van der Waals surface area contributed by atoms with Gasteiger partial charge in [-0.3, -0.25) is 0 Å². The van der Waals surface area contributed by atoms with Gasteiger partial charge < -0.3 is 19.1 Å². The highest BCUT2D eigenvalue weighted by molar-refractivity contribution is 5.92. The van der Waals surface area contributed by atoms with E-state index in [2.05, 4.69) is 10.1 Å². The van der Waals surface area contributed by atoms with E-state index in [0.717, 1.165) is 0 Å². The fourth-order valence-corrected chi connectivity index (χ4v) is 1.62. The van der Waals surface area contributed by atoms with E-state index >= 15 is 0 Å². The Hall–Kier alpha value is -2.57. The van der Waals surface area contributed by atoms with Crippen LogP contribution in [-0.2, 0) is 13.0 Å². The van der Waals surface area contributed by atoms with Crippen molar-refractivity contribution >= 4 is 5.97 Å². The van der Waals surface area contributed by atoms with E-state index < -0.39 is 5.97 Å². The second-order valence-electron chi connectivity index (χ2n) is 3.89. The smallest absolute Gasteiger partial charge is 0.339 e. The number of ether oxygens (including phenoxy) is 2. The number of carboxylic acid groups (broad SMARTS) is 1. The second kappa shape index (κ2) is 6.05. The molecule has 1 aromatic carbocycles. The normalized spacial score (nSPS) is 10.3. The van der Waals surface area contributed by atoms with Crippen LogP contribution in [0.25, 0.3) is 0 Å². The molecule has 0 radical (unpaired) electrons. The van der Waals surface area contributed by atoms with Crippen molar-refractivity contribution in [3.05, 3.63) is 35.5 Å². The summed E-state index contributed by atoms with van der Waals surface area (Å²) in [7, 11) is 1.44. The maximum absolute atomic E-state index is 11.2. The first kappa shape index (κ1) is 13.9. The molecule has 2 rings (SSSR count). The van der Waals surface area contributed by atoms with Gasteiger partial charge in [-0.2, -0.15) is 4.98 Å². The van der Waals surface area contributed by atoms with Gasteiger partial charge in [-0.1, -0.05) is 18.1 Å². The number of rotatable bonds is 6. The zero-order valence-electron chi connectivity index (χ0n) is 11.1. The lowest BCUT2D eigenvalue weighted by Gasteiger charge is -2.11. The molecule has 106 valence electrons. The Morgan fingerprint density at radius 3 is 2.85 bits per heavy atom. The van der Waals surface area contributed by atoms with Crippen LogP contribution in [0.15, 0.2) is 22.7 Å². The highest BCUT2D eigenvalue weighted by Gasteiger charge is 2.17. The molecule has 1 heterocycles. The van der Waals surface area contributed by atoms with Gasteiger partial charge >= 0.3 is 5.97 Å². The summed E-state index contributed by atoms with van der Waals surface area (Å²) in [5, 5.41) is 12.9.